The second-order valence-corrected chi connectivity index (χ2v) is 8.98. The van der Waals surface area contributed by atoms with E-state index < -0.39 is 37.5 Å². The van der Waals surface area contributed by atoms with Crippen molar-refractivity contribution in [3.05, 3.63) is 66.2 Å². The zero-order valence-electron chi connectivity index (χ0n) is 14.0. The first kappa shape index (κ1) is 21.9. The van der Waals surface area contributed by atoms with E-state index in [9.17, 15) is 34.8 Å². The van der Waals surface area contributed by atoms with E-state index in [-0.39, 0.29) is 11.3 Å². The molecule has 0 saturated heterocycles. The molecule has 1 amide bonds. The van der Waals surface area contributed by atoms with Gasteiger partial charge in [-0.3, -0.25) is 4.79 Å². The third-order valence-electron chi connectivity index (χ3n) is 3.49. The number of sulfonamides is 2. The van der Waals surface area contributed by atoms with Gasteiger partial charge in [0.05, 0.1) is 4.90 Å². The Hall–Kier alpha value is -2.44. The van der Waals surface area contributed by atoms with Gasteiger partial charge in [0.15, 0.2) is 0 Å². The summed E-state index contributed by atoms with van der Waals surface area (Å²) in [5.74, 6) is -1.65. The number of nitrogens with one attached hydrogen (secondary N) is 2. The zero-order valence-corrected chi connectivity index (χ0v) is 15.7. The highest BCUT2D eigenvalue weighted by Gasteiger charge is 2.47. The van der Waals surface area contributed by atoms with Crippen molar-refractivity contribution in [1.29, 1.82) is 0 Å². The Bertz CT molecular complexity index is 1020. The van der Waals surface area contributed by atoms with E-state index in [1.807, 2.05) is 4.72 Å². The van der Waals surface area contributed by atoms with E-state index in [0.29, 0.717) is 5.56 Å². The molecule has 2 aromatic carbocycles. The molecule has 2 N–H and O–H groups in total. The molecule has 7 nitrogen and oxygen atoms in total. The maximum absolute atomic E-state index is 12.5. The van der Waals surface area contributed by atoms with Crippen LogP contribution in [-0.2, 0) is 31.3 Å². The quantitative estimate of drug-likeness (QED) is 0.684. The second kappa shape index (κ2) is 8.29. The van der Waals surface area contributed by atoms with Gasteiger partial charge in [0.2, 0.25) is 10.0 Å². The van der Waals surface area contributed by atoms with Crippen molar-refractivity contribution in [3.63, 3.8) is 0 Å². The van der Waals surface area contributed by atoms with Gasteiger partial charge in [-0.2, -0.15) is 26.3 Å². The molecule has 0 aromatic heterocycles. The van der Waals surface area contributed by atoms with Crippen LogP contribution in [0.25, 0.3) is 0 Å². The maximum Gasteiger partial charge on any atom is 0.516 e. The molecule has 0 bridgehead atoms. The molecule has 2 rings (SSSR count). The van der Waals surface area contributed by atoms with Crippen molar-refractivity contribution in [2.45, 2.75) is 22.9 Å². The molecule has 0 unspecified atom stereocenters. The van der Waals surface area contributed by atoms with Crippen molar-refractivity contribution >= 4 is 26.0 Å². The van der Waals surface area contributed by atoms with Crippen LogP contribution in [0.3, 0.4) is 0 Å². The van der Waals surface area contributed by atoms with Crippen LogP contribution in [0.4, 0.5) is 13.2 Å². The van der Waals surface area contributed by atoms with E-state index >= 15 is 0 Å². The third kappa shape index (κ3) is 5.53. The van der Waals surface area contributed by atoms with Crippen molar-refractivity contribution in [2.75, 3.05) is 0 Å². The molecule has 152 valence electrons. The average Bonchev–Trinajstić information content (AvgIpc) is 2.61. The molecule has 0 radical (unpaired) electrons. The first-order valence-electron chi connectivity index (χ1n) is 7.66. The van der Waals surface area contributed by atoms with Gasteiger partial charge in [-0.15, -0.1) is 0 Å². The standard InChI is InChI=1S/C16H15F3N2O5S2/c17-16(18,19)28(25,26)21-15(22)14(11-12-7-3-1-4-8-12)20-27(23,24)13-9-5-2-6-10-13/h1-10,14,20H,11H2,(H,21,22)/t14-/m0/s1. The van der Waals surface area contributed by atoms with Crippen LogP contribution < -0.4 is 9.44 Å². The maximum atomic E-state index is 12.5. The van der Waals surface area contributed by atoms with E-state index in [1.54, 1.807) is 24.3 Å². The lowest BCUT2D eigenvalue weighted by atomic mass is 10.1. The molecular weight excluding hydrogens is 421 g/mol. The summed E-state index contributed by atoms with van der Waals surface area (Å²) in [5.41, 5.74) is -5.32. The van der Waals surface area contributed by atoms with E-state index in [0.717, 1.165) is 4.72 Å². The Labute approximate surface area is 159 Å². The Kier molecular flexibility index (Phi) is 6.47. The highest BCUT2D eigenvalue weighted by atomic mass is 32.2. The van der Waals surface area contributed by atoms with Crippen LogP contribution >= 0.6 is 0 Å². The normalized spacial score (nSPS) is 13.7. The number of benzene rings is 2. The minimum absolute atomic E-state index is 0.237. The molecule has 12 heteroatoms. The fourth-order valence-electron chi connectivity index (χ4n) is 2.15. The molecule has 0 aliphatic rings. The molecule has 0 fully saturated rings. The SMILES string of the molecule is O=C(NS(=O)(=O)C(F)(F)F)[C@H](Cc1ccccc1)NS(=O)(=O)c1ccccc1. The van der Waals surface area contributed by atoms with Crippen LogP contribution in [-0.4, -0.2) is 34.3 Å². The topological polar surface area (TPSA) is 109 Å². The van der Waals surface area contributed by atoms with Gasteiger partial charge in [-0.25, -0.2) is 13.1 Å². The first-order valence-corrected chi connectivity index (χ1v) is 10.6. The first-order chi connectivity index (χ1) is 12.9. The van der Waals surface area contributed by atoms with Gasteiger partial charge in [0, 0.05) is 0 Å². The van der Waals surface area contributed by atoms with Gasteiger partial charge in [-0.05, 0) is 24.1 Å². The summed E-state index contributed by atoms with van der Waals surface area (Å²) < 4.78 is 87.8. The van der Waals surface area contributed by atoms with Crippen LogP contribution in [0.5, 0.6) is 0 Å². The Morgan fingerprint density at radius 1 is 0.893 bits per heavy atom. The predicted octanol–water partition coefficient (Wildman–Crippen LogP) is 1.54. The van der Waals surface area contributed by atoms with Gasteiger partial charge in [0.1, 0.15) is 6.04 Å². The number of carbonyl (C=O) groups is 1. The van der Waals surface area contributed by atoms with Crippen LogP contribution in [0.15, 0.2) is 65.6 Å². The summed E-state index contributed by atoms with van der Waals surface area (Å²) in [6, 6.07) is 12.8. The minimum atomic E-state index is -5.99. The van der Waals surface area contributed by atoms with Gasteiger partial charge in [-0.1, -0.05) is 48.5 Å². The Morgan fingerprint density at radius 3 is 1.89 bits per heavy atom. The summed E-state index contributed by atoms with van der Waals surface area (Å²) in [4.78, 5) is 12.0. The van der Waals surface area contributed by atoms with E-state index in [4.69, 9.17) is 0 Å². The van der Waals surface area contributed by atoms with E-state index in [2.05, 4.69) is 0 Å². The number of carbonyl (C=O) groups excluding carboxylic acids is 1. The van der Waals surface area contributed by atoms with Gasteiger partial charge in [0.25, 0.3) is 5.91 Å². The number of rotatable bonds is 7. The monoisotopic (exact) mass is 436 g/mol. The molecule has 0 heterocycles. The lowest BCUT2D eigenvalue weighted by Gasteiger charge is -2.19. The average molecular weight is 436 g/mol. The largest absolute Gasteiger partial charge is 0.516 e. The van der Waals surface area contributed by atoms with Crippen LogP contribution in [0.2, 0.25) is 0 Å². The molecule has 0 aliphatic heterocycles. The summed E-state index contributed by atoms with van der Waals surface area (Å²) >= 11 is 0. The summed E-state index contributed by atoms with van der Waals surface area (Å²) in [5, 5.41) is 0. The lowest BCUT2D eigenvalue weighted by Crippen LogP contribution is -2.51. The van der Waals surface area contributed by atoms with Crippen molar-refractivity contribution < 1.29 is 34.8 Å². The second-order valence-electron chi connectivity index (χ2n) is 5.59. The van der Waals surface area contributed by atoms with Crippen molar-refractivity contribution in [3.8, 4) is 0 Å². The highest BCUT2D eigenvalue weighted by Crippen LogP contribution is 2.22. The fraction of sp³-hybridized carbons (Fsp3) is 0.188. The number of hydrogen-bond donors (Lipinski definition) is 2. The molecule has 0 spiro atoms. The molecule has 1 atom stereocenters. The predicted molar refractivity (Wildman–Crippen MR) is 93.8 cm³/mol. The van der Waals surface area contributed by atoms with Gasteiger partial charge >= 0.3 is 15.5 Å². The van der Waals surface area contributed by atoms with Crippen molar-refractivity contribution in [2.24, 2.45) is 0 Å². The van der Waals surface area contributed by atoms with E-state index in [1.165, 1.54) is 36.4 Å². The fourth-order valence-corrected chi connectivity index (χ4v) is 3.89. The summed E-state index contributed by atoms with van der Waals surface area (Å²) in [6.45, 7) is 0. The smallest absolute Gasteiger partial charge is 0.272 e. The number of alkyl halides is 3. The number of amides is 1. The van der Waals surface area contributed by atoms with Crippen LogP contribution in [0.1, 0.15) is 5.56 Å². The van der Waals surface area contributed by atoms with Crippen molar-refractivity contribution in [1.82, 2.24) is 9.44 Å². The summed E-state index contributed by atoms with van der Waals surface area (Å²) in [6.07, 6.45) is -0.369. The van der Waals surface area contributed by atoms with Crippen LogP contribution in [0, 0.1) is 0 Å². The summed E-state index contributed by atoms with van der Waals surface area (Å²) in [7, 11) is -10.3. The minimum Gasteiger partial charge on any atom is -0.272 e. The molecule has 28 heavy (non-hydrogen) atoms. The molecule has 0 saturated carbocycles. The lowest BCUT2D eigenvalue weighted by molar-refractivity contribution is -0.121. The molecule has 2 aromatic rings. The zero-order chi connectivity index (χ0) is 21.0. The highest BCUT2D eigenvalue weighted by molar-refractivity contribution is 7.91. The Morgan fingerprint density at radius 2 is 1.39 bits per heavy atom. The molecule has 0 aliphatic carbocycles. The Balaban J connectivity index is 2.33. The number of halogens is 3. The van der Waals surface area contributed by atoms with Gasteiger partial charge < -0.3 is 0 Å². The molecular formula is C16H15F3N2O5S2. The number of hydrogen-bond acceptors (Lipinski definition) is 5. The third-order valence-corrected chi connectivity index (χ3v) is 6.06.